The van der Waals surface area contributed by atoms with Crippen molar-refractivity contribution in [1.29, 1.82) is 0 Å². The molecule has 2 rings (SSSR count). The van der Waals surface area contributed by atoms with Crippen LogP contribution in [0.15, 0.2) is 42.5 Å². The van der Waals surface area contributed by atoms with E-state index in [0.717, 1.165) is 35.8 Å². The Balaban J connectivity index is 1.97. The molecule has 0 fully saturated rings. The SMILES string of the molecule is COc1ccc(CNc2ccc(CN(C)C)cc2)cc1OC. The maximum Gasteiger partial charge on any atom is 0.161 e. The molecule has 1 N–H and O–H groups in total. The van der Waals surface area contributed by atoms with Gasteiger partial charge < -0.3 is 19.7 Å². The Kier molecular flexibility index (Phi) is 5.67. The summed E-state index contributed by atoms with van der Waals surface area (Å²) in [4.78, 5) is 2.16. The van der Waals surface area contributed by atoms with Gasteiger partial charge in [-0.3, -0.25) is 0 Å². The molecule has 22 heavy (non-hydrogen) atoms. The van der Waals surface area contributed by atoms with E-state index in [2.05, 4.69) is 48.6 Å². The summed E-state index contributed by atoms with van der Waals surface area (Å²) in [5.41, 5.74) is 3.56. The second kappa shape index (κ2) is 7.71. The van der Waals surface area contributed by atoms with E-state index in [4.69, 9.17) is 9.47 Å². The lowest BCUT2D eigenvalue weighted by molar-refractivity contribution is 0.354. The van der Waals surface area contributed by atoms with Crippen LogP contribution in [0, 0.1) is 0 Å². The van der Waals surface area contributed by atoms with E-state index in [1.165, 1.54) is 5.56 Å². The molecular weight excluding hydrogens is 276 g/mol. The number of hydrogen-bond donors (Lipinski definition) is 1. The van der Waals surface area contributed by atoms with Crippen LogP contribution in [0.5, 0.6) is 11.5 Å². The summed E-state index contributed by atoms with van der Waals surface area (Å²) in [7, 11) is 7.44. The molecule has 0 aliphatic carbocycles. The summed E-state index contributed by atoms with van der Waals surface area (Å²) in [5.74, 6) is 1.50. The number of anilines is 1. The fourth-order valence-corrected chi connectivity index (χ4v) is 2.29. The third-order valence-electron chi connectivity index (χ3n) is 3.40. The normalized spacial score (nSPS) is 10.6. The zero-order chi connectivity index (χ0) is 15.9. The van der Waals surface area contributed by atoms with Gasteiger partial charge in [0.2, 0.25) is 0 Å². The Labute approximate surface area is 132 Å². The predicted octanol–water partition coefficient (Wildman–Crippen LogP) is 3.38. The monoisotopic (exact) mass is 300 g/mol. The quantitative estimate of drug-likeness (QED) is 0.850. The van der Waals surface area contributed by atoms with Crippen molar-refractivity contribution in [2.24, 2.45) is 0 Å². The number of nitrogens with zero attached hydrogens (tertiary/aromatic N) is 1. The summed E-state index contributed by atoms with van der Waals surface area (Å²) in [6.45, 7) is 1.70. The van der Waals surface area contributed by atoms with Crippen molar-refractivity contribution in [1.82, 2.24) is 4.90 Å². The number of benzene rings is 2. The first-order valence-electron chi connectivity index (χ1n) is 7.31. The van der Waals surface area contributed by atoms with E-state index in [-0.39, 0.29) is 0 Å². The number of ether oxygens (including phenoxy) is 2. The van der Waals surface area contributed by atoms with E-state index in [1.54, 1.807) is 14.2 Å². The van der Waals surface area contributed by atoms with Crippen LogP contribution in [0.1, 0.15) is 11.1 Å². The van der Waals surface area contributed by atoms with E-state index in [0.29, 0.717) is 0 Å². The van der Waals surface area contributed by atoms with Gasteiger partial charge in [-0.25, -0.2) is 0 Å². The van der Waals surface area contributed by atoms with E-state index in [9.17, 15) is 0 Å². The highest BCUT2D eigenvalue weighted by atomic mass is 16.5. The Morgan fingerprint density at radius 3 is 2.09 bits per heavy atom. The Bertz CT molecular complexity index is 595. The molecule has 2 aromatic carbocycles. The first-order chi connectivity index (χ1) is 10.6. The summed E-state index contributed by atoms with van der Waals surface area (Å²) in [6.07, 6.45) is 0. The first-order valence-corrected chi connectivity index (χ1v) is 7.31. The average molecular weight is 300 g/mol. The lowest BCUT2D eigenvalue weighted by Crippen LogP contribution is -2.10. The third-order valence-corrected chi connectivity index (χ3v) is 3.40. The lowest BCUT2D eigenvalue weighted by Gasteiger charge is -2.12. The van der Waals surface area contributed by atoms with Crippen LogP contribution in [0.3, 0.4) is 0 Å². The van der Waals surface area contributed by atoms with Gasteiger partial charge in [0, 0.05) is 18.8 Å². The minimum atomic E-state index is 0.743. The van der Waals surface area contributed by atoms with Crippen LogP contribution >= 0.6 is 0 Å². The van der Waals surface area contributed by atoms with Gasteiger partial charge in [0.05, 0.1) is 14.2 Å². The Morgan fingerprint density at radius 2 is 1.50 bits per heavy atom. The molecule has 0 spiro atoms. The fraction of sp³-hybridized carbons (Fsp3) is 0.333. The molecule has 0 radical (unpaired) electrons. The van der Waals surface area contributed by atoms with Crippen molar-refractivity contribution < 1.29 is 9.47 Å². The average Bonchev–Trinajstić information content (AvgIpc) is 2.53. The van der Waals surface area contributed by atoms with Gasteiger partial charge in [-0.15, -0.1) is 0 Å². The molecule has 0 aliphatic heterocycles. The van der Waals surface area contributed by atoms with Crippen LogP contribution in [0.25, 0.3) is 0 Å². The highest BCUT2D eigenvalue weighted by Gasteiger charge is 2.04. The molecule has 0 aliphatic rings. The first kappa shape index (κ1) is 16.2. The van der Waals surface area contributed by atoms with Gasteiger partial charge in [-0.1, -0.05) is 18.2 Å². The lowest BCUT2D eigenvalue weighted by atomic mass is 10.1. The van der Waals surface area contributed by atoms with Crippen LogP contribution in [-0.4, -0.2) is 33.2 Å². The van der Waals surface area contributed by atoms with Crippen molar-refractivity contribution in [3.63, 3.8) is 0 Å². The number of hydrogen-bond acceptors (Lipinski definition) is 4. The molecule has 0 aromatic heterocycles. The zero-order valence-corrected chi connectivity index (χ0v) is 13.7. The summed E-state index contributed by atoms with van der Waals surface area (Å²) in [6, 6.07) is 14.5. The van der Waals surface area contributed by atoms with Crippen LogP contribution < -0.4 is 14.8 Å². The van der Waals surface area contributed by atoms with Crippen LogP contribution in [0.4, 0.5) is 5.69 Å². The van der Waals surface area contributed by atoms with Gasteiger partial charge in [-0.05, 0) is 49.5 Å². The number of methoxy groups -OCH3 is 2. The molecule has 0 bridgehead atoms. The summed E-state index contributed by atoms with van der Waals surface area (Å²) < 4.78 is 10.6. The molecule has 0 unspecified atom stereocenters. The maximum atomic E-state index is 5.32. The molecule has 0 saturated carbocycles. The fourth-order valence-electron chi connectivity index (χ4n) is 2.29. The molecule has 0 saturated heterocycles. The van der Waals surface area contributed by atoms with Crippen molar-refractivity contribution in [2.45, 2.75) is 13.1 Å². The van der Waals surface area contributed by atoms with Gasteiger partial charge in [0.1, 0.15) is 0 Å². The molecule has 0 heterocycles. The summed E-state index contributed by atoms with van der Waals surface area (Å²) in [5, 5.41) is 3.42. The van der Waals surface area contributed by atoms with Gasteiger partial charge in [-0.2, -0.15) is 0 Å². The third kappa shape index (κ3) is 4.40. The van der Waals surface area contributed by atoms with Crippen LogP contribution in [-0.2, 0) is 13.1 Å². The Hall–Kier alpha value is -2.20. The number of rotatable bonds is 7. The maximum absolute atomic E-state index is 5.32. The van der Waals surface area contributed by atoms with Gasteiger partial charge >= 0.3 is 0 Å². The molecular formula is C18H24N2O2. The largest absolute Gasteiger partial charge is 0.493 e. The molecule has 118 valence electrons. The smallest absolute Gasteiger partial charge is 0.161 e. The predicted molar refractivity (Wildman–Crippen MR) is 90.7 cm³/mol. The highest BCUT2D eigenvalue weighted by Crippen LogP contribution is 2.27. The van der Waals surface area contributed by atoms with Crippen molar-refractivity contribution in [3.05, 3.63) is 53.6 Å². The van der Waals surface area contributed by atoms with Crippen molar-refractivity contribution in [2.75, 3.05) is 33.6 Å². The standard InChI is InChI=1S/C18H24N2O2/c1-20(2)13-14-5-8-16(9-6-14)19-12-15-7-10-17(21-3)18(11-15)22-4/h5-11,19H,12-13H2,1-4H3. The topological polar surface area (TPSA) is 33.7 Å². The minimum absolute atomic E-state index is 0.743. The Morgan fingerprint density at radius 1 is 0.864 bits per heavy atom. The number of nitrogens with one attached hydrogen (secondary N) is 1. The second-order valence-electron chi connectivity index (χ2n) is 5.48. The summed E-state index contributed by atoms with van der Waals surface area (Å²) >= 11 is 0. The molecule has 4 nitrogen and oxygen atoms in total. The highest BCUT2D eigenvalue weighted by molar-refractivity contribution is 5.47. The van der Waals surface area contributed by atoms with Gasteiger partial charge in [0.25, 0.3) is 0 Å². The molecule has 2 aromatic rings. The van der Waals surface area contributed by atoms with E-state index < -0.39 is 0 Å². The van der Waals surface area contributed by atoms with E-state index in [1.807, 2.05) is 18.2 Å². The minimum Gasteiger partial charge on any atom is -0.493 e. The van der Waals surface area contributed by atoms with Crippen molar-refractivity contribution in [3.8, 4) is 11.5 Å². The zero-order valence-electron chi connectivity index (χ0n) is 13.7. The van der Waals surface area contributed by atoms with Crippen LogP contribution in [0.2, 0.25) is 0 Å². The van der Waals surface area contributed by atoms with Gasteiger partial charge in [0.15, 0.2) is 11.5 Å². The molecule has 0 atom stereocenters. The molecule has 0 amide bonds. The molecule has 4 heteroatoms. The van der Waals surface area contributed by atoms with Crippen molar-refractivity contribution >= 4 is 5.69 Å². The van der Waals surface area contributed by atoms with E-state index >= 15 is 0 Å². The second-order valence-corrected chi connectivity index (χ2v) is 5.48.